The highest BCUT2D eigenvalue weighted by Gasteiger charge is 2.40. The van der Waals surface area contributed by atoms with Gasteiger partial charge >= 0.3 is 0 Å². The first-order chi connectivity index (χ1) is 42.9. The number of carbonyl (C=O) groups is 3. The molecule has 0 spiro atoms. The average molecular weight is 1260 g/mol. The van der Waals surface area contributed by atoms with Gasteiger partial charge in [0.2, 0.25) is 20.0 Å². The number of aromatic nitrogens is 9. The maximum atomic E-state index is 15.3. The van der Waals surface area contributed by atoms with Crippen molar-refractivity contribution in [1.29, 1.82) is 0 Å². The minimum Gasteiger partial charge on any atom is -0.507 e. The van der Waals surface area contributed by atoms with E-state index in [1.165, 1.54) is 10.6 Å². The summed E-state index contributed by atoms with van der Waals surface area (Å²) >= 11 is 0. The van der Waals surface area contributed by atoms with Crippen molar-refractivity contribution in [3.63, 3.8) is 0 Å². The molecular formula is C64H73N15O9S2. The number of nitrogens with zero attached hydrogens (tertiary/aromatic N) is 11. The van der Waals surface area contributed by atoms with Crippen LogP contribution in [0.1, 0.15) is 151 Å². The Morgan fingerprint density at radius 2 is 1.13 bits per heavy atom. The number of hydrogen-bond donors (Lipinski definition) is 5. The van der Waals surface area contributed by atoms with Crippen LogP contribution >= 0.6 is 0 Å². The number of H-pyrrole nitrogens is 1. The fourth-order valence-electron chi connectivity index (χ4n) is 13.6. The molecule has 9 heterocycles. The van der Waals surface area contributed by atoms with Crippen molar-refractivity contribution in [2.24, 2.45) is 11.8 Å². The number of fused-ring (bicyclic) bond motifs is 3. The van der Waals surface area contributed by atoms with E-state index in [9.17, 15) is 36.3 Å². The van der Waals surface area contributed by atoms with Crippen LogP contribution in [0.5, 0.6) is 5.75 Å². The van der Waals surface area contributed by atoms with Crippen molar-refractivity contribution in [2.75, 3.05) is 54.0 Å². The van der Waals surface area contributed by atoms with Gasteiger partial charge in [-0.3, -0.25) is 33.7 Å². The number of amides is 3. The summed E-state index contributed by atoms with van der Waals surface area (Å²) in [6.45, 7) is 10.5. The molecule has 3 aliphatic heterocycles. The normalized spacial score (nSPS) is 19.2. The Labute approximate surface area is 520 Å². The lowest BCUT2D eigenvalue weighted by Gasteiger charge is -2.39. The maximum absolute atomic E-state index is 15.3. The minimum atomic E-state index is -3.79. The standard InChI is InChI=1S/C64H73N15O9S2/c1-36-38(3)66-58-32-52(71-79(58)61(36)81)55-27-25-42(35-76(55)64(84)45-19-11-14-23-56(45)80)30-49-37(2)60(65-6)78-59(68-49)33-51(70-78)54-26-24-41(34-75(54)63(83)44-18-10-13-21-48(44)73-90(8,87)88)29-46-39(4)67-57-31-50(69-77(57)40(46)5)53-22-15-16-28-74(53)62(82)43-17-9-12-20-47(43)72-89(7,85)86/h9-14,17-21,23,31-33,41-42,53-55,65,71-73,80H,15-16,22,24-30,34-35H2,1-8H3/t41?,42?,53-,54-,55-/m0/s1. The van der Waals surface area contributed by atoms with Crippen LogP contribution in [-0.4, -0.2) is 137 Å². The maximum Gasteiger partial charge on any atom is 0.275 e. The molecule has 6 aromatic heterocycles. The number of carbonyl (C=O) groups excluding carboxylic acids is 3. The van der Waals surface area contributed by atoms with Gasteiger partial charge < -0.3 is 25.1 Å². The van der Waals surface area contributed by atoms with Crippen molar-refractivity contribution in [3.05, 3.63) is 175 Å². The molecule has 3 aliphatic rings. The van der Waals surface area contributed by atoms with E-state index in [-0.39, 0.29) is 75.5 Å². The van der Waals surface area contributed by atoms with Gasteiger partial charge in [-0.15, -0.1) is 0 Å². The van der Waals surface area contributed by atoms with Crippen molar-refractivity contribution in [3.8, 4) is 5.75 Å². The van der Waals surface area contributed by atoms with Crippen LogP contribution in [0, 0.1) is 46.5 Å². The summed E-state index contributed by atoms with van der Waals surface area (Å²) in [6, 6.07) is 23.9. The van der Waals surface area contributed by atoms with Crippen LogP contribution in [0.3, 0.4) is 0 Å². The zero-order valence-corrected chi connectivity index (χ0v) is 53.1. The van der Waals surface area contributed by atoms with Crippen molar-refractivity contribution >= 4 is 71.9 Å². The summed E-state index contributed by atoms with van der Waals surface area (Å²) < 4.78 is 60.1. The molecule has 2 unspecified atom stereocenters. The number of phenols is 1. The summed E-state index contributed by atoms with van der Waals surface area (Å²) in [5.74, 6) is -0.643. The monoisotopic (exact) mass is 1260 g/mol. The van der Waals surface area contributed by atoms with Crippen molar-refractivity contribution in [1.82, 2.24) is 58.5 Å². The Bertz CT molecular complexity index is 4650. The predicted molar refractivity (Wildman–Crippen MR) is 341 cm³/mol. The highest BCUT2D eigenvalue weighted by Crippen LogP contribution is 2.41. The lowest BCUT2D eigenvalue weighted by Crippen LogP contribution is -2.43. The molecule has 5 atom stereocenters. The summed E-state index contributed by atoms with van der Waals surface area (Å²) in [4.78, 5) is 77.9. The molecule has 3 fully saturated rings. The first-order valence-electron chi connectivity index (χ1n) is 30.3. The van der Waals surface area contributed by atoms with E-state index in [2.05, 4.69) is 24.8 Å². The van der Waals surface area contributed by atoms with Gasteiger partial charge in [0.05, 0.1) is 75.8 Å². The van der Waals surface area contributed by atoms with Gasteiger partial charge in [-0.1, -0.05) is 36.4 Å². The number of phenolic OH excluding ortho intramolecular Hbond substituents is 1. The molecule has 3 aromatic carbocycles. The van der Waals surface area contributed by atoms with Crippen LogP contribution in [0.2, 0.25) is 0 Å². The Kier molecular flexibility index (Phi) is 16.3. The number of aryl methyl sites for hydroxylation is 3. The number of nitrogens with one attached hydrogen (secondary N) is 4. The molecule has 9 aromatic rings. The number of piperidine rings is 3. The highest BCUT2D eigenvalue weighted by atomic mass is 32.2. The van der Waals surface area contributed by atoms with Gasteiger partial charge in [-0.25, -0.2) is 40.8 Å². The molecule has 90 heavy (non-hydrogen) atoms. The smallest absolute Gasteiger partial charge is 0.275 e. The molecule has 0 radical (unpaired) electrons. The van der Waals surface area contributed by atoms with Gasteiger partial charge in [0.25, 0.3) is 23.3 Å². The summed E-state index contributed by atoms with van der Waals surface area (Å²) in [7, 11) is -5.63. The van der Waals surface area contributed by atoms with Crippen LogP contribution < -0.4 is 20.3 Å². The molecule has 0 bridgehead atoms. The van der Waals surface area contributed by atoms with Crippen LogP contribution in [-0.2, 0) is 32.9 Å². The number of para-hydroxylation sites is 3. The van der Waals surface area contributed by atoms with E-state index in [4.69, 9.17) is 20.2 Å². The highest BCUT2D eigenvalue weighted by molar-refractivity contribution is 7.92. The summed E-state index contributed by atoms with van der Waals surface area (Å²) in [5.41, 5.74) is 9.66. The molecule has 5 N–H and O–H groups in total. The molecule has 12 rings (SSSR count). The van der Waals surface area contributed by atoms with E-state index in [1.54, 1.807) is 99.8 Å². The van der Waals surface area contributed by atoms with E-state index >= 15 is 4.79 Å². The van der Waals surface area contributed by atoms with E-state index < -0.39 is 38.2 Å². The Morgan fingerprint density at radius 3 is 1.77 bits per heavy atom. The molecule has 0 saturated carbocycles. The van der Waals surface area contributed by atoms with Crippen LogP contribution in [0.15, 0.2) is 95.8 Å². The van der Waals surface area contributed by atoms with E-state index in [0.717, 1.165) is 53.6 Å². The van der Waals surface area contributed by atoms with Crippen LogP contribution in [0.25, 0.3) is 16.9 Å². The third-order valence-corrected chi connectivity index (χ3v) is 19.4. The van der Waals surface area contributed by atoms with Gasteiger partial charge in [0.1, 0.15) is 11.6 Å². The second kappa shape index (κ2) is 24.0. The van der Waals surface area contributed by atoms with Crippen molar-refractivity contribution in [2.45, 2.75) is 111 Å². The molecule has 26 heteroatoms. The number of aromatic hydroxyl groups is 1. The average Bonchev–Trinajstić information content (AvgIpc) is 1.59. The Balaban J connectivity index is 0.840. The first-order valence-corrected chi connectivity index (χ1v) is 34.1. The molecule has 24 nitrogen and oxygen atoms in total. The topological polar surface area (TPSA) is 296 Å². The van der Waals surface area contributed by atoms with Gasteiger partial charge in [0.15, 0.2) is 16.9 Å². The zero-order valence-electron chi connectivity index (χ0n) is 51.5. The first kappa shape index (κ1) is 61.1. The zero-order chi connectivity index (χ0) is 63.7. The van der Waals surface area contributed by atoms with Gasteiger partial charge in [-0.2, -0.15) is 14.7 Å². The predicted octanol–water partition coefficient (Wildman–Crippen LogP) is 8.18. The number of aromatic amines is 1. The number of hydrogen-bond acceptors (Lipinski definition) is 15. The summed E-state index contributed by atoms with van der Waals surface area (Å²) in [6.07, 6.45) is 7.84. The number of benzene rings is 3. The molecular weight excluding hydrogens is 1190 g/mol. The number of rotatable bonds is 15. The number of likely N-dealkylation sites (tertiary alicyclic amines) is 3. The largest absolute Gasteiger partial charge is 0.507 e. The van der Waals surface area contributed by atoms with Gasteiger partial charge in [0, 0.05) is 78.8 Å². The molecule has 3 amide bonds. The second-order valence-electron chi connectivity index (χ2n) is 24.4. The second-order valence-corrected chi connectivity index (χ2v) is 27.9. The van der Waals surface area contributed by atoms with E-state index in [1.807, 2.05) is 50.5 Å². The van der Waals surface area contributed by atoms with E-state index in [0.29, 0.717) is 109 Å². The number of sulfonamides is 2. The van der Waals surface area contributed by atoms with Crippen LogP contribution in [0.4, 0.5) is 17.2 Å². The van der Waals surface area contributed by atoms with Gasteiger partial charge in [-0.05, 0) is 146 Å². The lowest BCUT2D eigenvalue weighted by atomic mass is 9.85. The summed E-state index contributed by atoms with van der Waals surface area (Å²) in [5, 5.41) is 27.9. The minimum absolute atomic E-state index is 0.0738. The fraction of sp³-hybridized carbons (Fsp3) is 0.391. The molecule has 3 saturated heterocycles. The third-order valence-electron chi connectivity index (χ3n) is 18.2. The van der Waals surface area contributed by atoms with Crippen molar-refractivity contribution < 1.29 is 36.3 Å². The molecule has 470 valence electrons. The SMILES string of the molecule is CNc1c(C)c(CC2CC[C@@H](c3cc4nc(C)c(C)c(=O)n4[nH]3)N(C(=O)c3ccccc3O)C2)nc2cc([C@@H]3CCC(Cc4c(C)nc5cc([C@@H]6CCCCN6C(=O)c6ccccc6NS(C)(=O)=O)nn5c4C)CN3C(=O)c3ccccc3NS(C)(=O)=O)nn12. The lowest BCUT2D eigenvalue weighted by molar-refractivity contribution is 0.0513. The fourth-order valence-corrected chi connectivity index (χ4v) is 14.8. The number of anilines is 3. The Hall–Kier alpha value is -9.17. The Morgan fingerprint density at radius 1 is 0.600 bits per heavy atom. The quantitative estimate of drug-likeness (QED) is 0.0646. The third kappa shape index (κ3) is 11.8. The molecule has 0 aliphatic carbocycles.